The molecule has 17 heavy (non-hydrogen) atoms. The maximum Gasteiger partial charge on any atom is 0.148 e. The Morgan fingerprint density at radius 2 is 1.94 bits per heavy atom. The van der Waals surface area contributed by atoms with Crippen LogP contribution in [0.15, 0.2) is 18.2 Å². The zero-order valence-electron chi connectivity index (χ0n) is 9.94. The van der Waals surface area contributed by atoms with Crippen molar-refractivity contribution in [3.8, 4) is 11.5 Å². The van der Waals surface area contributed by atoms with E-state index < -0.39 is 9.84 Å². The molecule has 1 aromatic carbocycles. The maximum atomic E-state index is 11.2. The molecule has 0 aliphatic rings. The maximum absolute atomic E-state index is 11.2. The zero-order chi connectivity index (χ0) is 13.1. The van der Waals surface area contributed by atoms with Crippen LogP contribution in [-0.4, -0.2) is 34.6 Å². The molecule has 96 valence electrons. The first kappa shape index (κ1) is 14.3. The zero-order valence-corrected chi connectivity index (χ0v) is 12.3. The normalized spacial score (nSPS) is 13.2. The number of methoxy groups -OCH3 is 2. The van der Waals surface area contributed by atoms with Gasteiger partial charge in [0.1, 0.15) is 21.3 Å². The molecule has 1 aromatic rings. The Labute approximate surface area is 110 Å². The highest BCUT2D eigenvalue weighted by Gasteiger charge is 2.18. The van der Waals surface area contributed by atoms with Gasteiger partial charge in [-0.15, -0.1) is 0 Å². The molecule has 1 atom stereocenters. The topological polar surface area (TPSA) is 52.6 Å². The minimum atomic E-state index is -3.05. The Kier molecular flexibility index (Phi) is 4.82. The summed E-state index contributed by atoms with van der Waals surface area (Å²) in [5.74, 6) is 1.30. The number of hydrogen-bond acceptors (Lipinski definition) is 4. The molecule has 0 saturated heterocycles. The van der Waals surface area contributed by atoms with E-state index in [0.717, 1.165) is 5.56 Å². The molecule has 1 unspecified atom stereocenters. The van der Waals surface area contributed by atoms with E-state index in [0.29, 0.717) is 11.5 Å². The second kappa shape index (κ2) is 5.73. The van der Waals surface area contributed by atoms with Crippen LogP contribution < -0.4 is 9.47 Å². The Morgan fingerprint density at radius 1 is 1.29 bits per heavy atom. The van der Waals surface area contributed by atoms with Gasteiger partial charge in [-0.3, -0.25) is 0 Å². The van der Waals surface area contributed by atoms with Crippen molar-refractivity contribution in [2.75, 3.05) is 26.2 Å². The van der Waals surface area contributed by atoms with Crippen LogP contribution in [0.2, 0.25) is 0 Å². The van der Waals surface area contributed by atoms with E-state index in [1.54, 1.807) is 32.4 Å². The number of hydrogen-bond donors (Lipinski definition) is 0. The molecule has 0 aliphatic carbocycles. The van der Waals surface area contributed by atoms with Crippen LogP contribution in [0.5, 0.6) is 11.5 Å². The number of alkyl halides is 1. The SMILES string of the molecule is COc1ccc(C(Br)CS(C)(=O)=O)c(OC)c1. The Morgan fingerprint density at radius 3 is 2.41 bits per heavy atom. The molecule has 0 aliphatic heterocycles. The van der Waals surface area contributed by atoms with Gasteiger partial charge in [0, 0.05) is 17.9 Å². The molecule has 0 bridgehead atoms. The summed E-state index contributed by atoms with van der Waals surface area (Å²) in [6, 6.07) is 5.29. The Hall–Kier alpha value is -0.750. The number of sulfone groups is 1. The lowest BCUT2D eigenvalue weighted by Gasteiger charge is -2.14. The van der Waals surface area contributed by atoms with Crippen LogP contribution in [0, 0.1) is 0 Å². The first-order valence-electron chi connectivity index (χ1n) is 4.91. The van der Waals surface area contributed by atoms with Crippen molar-refractivity contribution < 1.29 is 17.9 Å². The Balaban J connectivity index is 3.04. The third kappa shape index (κ3) is 4.20. The highest BCUT2D eigenvalue weighted by molar-refractivity contribution is 9.09. The third-order valence-corrected chi connectivity index (χ3v) is 4.41. The van der Waals surface area contributed by atoms with E-state index in [1.165, 1.54) is 6.26 Å². The van der Waals surface area contributed by atoms with Gasteiger partial charge in [0.15, 0.2) is 0 Å². The predicted octanol–water partition coefficient (Wildman–Crippen LogP) is 2.18. The van der Waals surface area contributed by atoms with E-state index in [9.17, 15) is 8.42 Å². The fourth-order valence-corrected chi connectivity index (χ4v) is 3.96. The highest BCUT2D eigenvalue weighted by atomic mass is 79.9. The number of ether oxygens (including phenoxy) is 2. The van der Waals surface area contributed by atoms with Gasteiger partial charge < -0.3 is 9.47 Å². The molecule has 0 spiro atoms. The third-order valence-electron chi connectivity index (χ3n) is 2.23. The summed E-state index contributed by atoms with van der Waals surface area (Å²) in [5.41, 5.74) is 0.790. The van der Waals surface area contributed by atoms with Gasteiger partial charge in [-0.05, 0) is 6.07 Å². The van der Waals surface area contributed by atoms with Crippen molar-refractivity contribution in [1.82, 2.24) is 0 Å². The summed E-state index contributed by atoms with van der Waals surface area (Å²) in [6.07, 6.45) is 1.21. The first-order chi connectivity index (χ1) is 7.87. The van der Waals surface area contributed by atoms with Crippen LogP contribution >= 0.6 is 15.9 Å². The molecule has 0 saturated carbocycles. The van der Waals surface area contributed by atoms with Crippen molar-refractivity contribution in [3.05, 3.63) is 23.8 Å². The van der Waals surface area contributed by atoms with Crippen LogP contribution in [0.4, 0.5) is 0 Å². The van der Waals surface area contributed by atoms with Crippen molar-refractivity contribution in [3.63, 3.8) is 0 Å². The van der Waals surface area contributed by atoms with Gasteiger partial charge in [0.2, 0.25) is 0 Å². The first-order valence-corrected chi connectivity index (χ1v) is 7.88. The summed E-state index contributed by atoms with van der Waals surface area (Å²) in [6.45, 7) is 0. The fourth-order valence-electron chi connectivity index (χ4n) is 1.43. The molecule has 0 amide bonds. The number of halogens is 1. The second-order valence-electron chi connectivity index (χ2n) is 3.67. The summed E-state index contributed by atoms with van der Waals surface area (Å²) in [7, 11) is 0.0603. The number of rotatable bonds is 5. The molecule has 6 heteroatoms. The quantitative estimate of drug-likeness (QED) is 0.780. The predicted molar refractivity (Wildman–Crippen MR) is 70.9 cm³/mol. The standard InChI is InChI=1S/C11H15BrO4S/c1-15-8-4-5-9(11(6-8)16-2)10(12)7-17(3,13)14/h4-6,10H,7H2,1-3H3. The van der Waals surface area contributed by atoms with E-state index in [1.807, 2.05) is 0 Å². The lowest BCUT2D eigenvalue weighted by molar-refractivity contribution is 0.391. The van der Waals surface area contributed by atoms with E-state index >= 15 is 0 Å². The molecule has 0 heterocycles. The van der Waals surface area contributed by atoms with Crippen molar-refractivity contribution in [2.24, 2.45) is 0 Å². The van der Waals surface area contributed by atoms with E-state index in [4.69, 9.17) is 9.47 Å². The van der Waals surface area contributed by atoms with Gasteiger partial charge in [-0.1, -0.05) is 22.0 Å². The lowest BCUT2D eigenvalue weighted by atomic mass is 10.1. The largest absolute Gasteiger partial charge is 0.497 e. The van der Waals surface area contributed by atoms with Gasteiger partial charge in [-0.25, -0.2) is 8.42 Å². The molecule has 0 aromatic heterocycles. The average Bonchev–Trinajstić information content (AvgIpc) is 2.25. The van der Waals surface area contributed by atoms with Gasteiger partial charge in [0.25, 0.3) is 0 Å². The summed E-state index contributed by atoms with van der Waals surface area (Å²) in [5, 5.41) is 0. The van der Waals surface area contributed by atoms with Gasteiger partial charge in [0.05, 0.1) is 24.8 Å². The van der Waals surface area contributed by atoms with E-state index in [2.05, 4.69) is 15.9 Å². The van der Waals surface area contributed by atoms with Crippen LogP contribution in [0.3, 0.4) is 0 Å². The minimum absolute atomic E-state index is 0.0235. The average molecular weight is 323 g/mol. The fraction of sp³-hybridized carbons (Fsp3) is 0.455. The van der Waals surface area contributed by atoms with Crippen LogP contribution in [-0.2, 0) is 9.84 Å². The molecular formula is C11H15BrO4S. The minimum Gasteiger partial charge on any atom is -0.497 e. The Bertz CT molecular complexity index is 484. The van der Waals surface area contributed by atoms with Gasteiger partial charge >= 0.3 is 0 Å². The molecule has 0 radical (unpaired) electrons. The molecule has 1 rings (SSSR count). The van der Waals surface area contributed by atoms with Crippen LogP contribution in [0.25, 0.3) is 0 Å². The highest BCUT2D eigenvalue weighted by Crippen LogP contribution is 2.34. The molecular weight excluding hydrogens is 308 g/mol. The molecule has 4 nitrogen and oxygen atoms in total. The monoisotopic (exact) mass is 322 g/mol. The summed E-state index contributed by atoms with van der Waals surface area (Å²) >= 11 is 3.36. The lowest BCUT2D eigenvalue weighted by Crippen LogP contribution is -2.09. The van der Waals surface area contributed by atoms with Crippen LogP contribution in [0.1, 0.15) is 10.4 Å². The molecule has 0 N–H and O–H groups in total. The number of benzene rings is 1. The van der Waals surface area contributed by atoms with Crippen molar-refractivity contribution >= 4 is 25.8 Å². The van der Waals surface area contributed by atoms with Crippen molar-refractivity contribution in [2.45, 2.75) is 4.83 Å². The summed E-state index contributed by atoms with van der Waals surface area (Å²) in [4.78, 5) is -0.293. The van der Waals surface area contributed by atoms with Gasteiger partial charge in [-0.2, -0.15) is 0 Å². The smallest absolute Gasteiger partial charge is 0.148 e. The van der Waals surface area contributed by atoms with Crippen molar-refractivity contribution in [1.29, 1.82) is 0 Å². The summed E-state index contributed by atoms with van der Waals surface area (Å²) < 4.78 is 32.8. The molecule has 0 fully saturated rings. The second-order valence-corrected chi connectivity index (χ2v) is 6.96. The van der Waals surface area contributed by atoms with E-state index in [-0.39, 0.29) is 10.6 Å².